The summed E-state index contributed by atoms with van der Waals surface area (Å²) in [4.78, 5) is 0. The average molecular weight is 152 g/mol. The molecule has 0 spiro atoms. The molecule has 0 aromatic carbocycles. The van der Waals surface area contributed by atoms with E-state index >= 15 is 0 Å². The van der Waals surface area contributed by atoms with E-state index in [1.165, 1.54) is 6.42 Å². The maximum absolute atomic E-state index is 5.56. The third-order valence-corrected chi connectivity index (χ3v) is 3.00. The van der Waals surface area contributed by atoms with Gasteiger partial charge in [-0.2, -0.15) is 0 Å². The van der Waals surface area contributed by atoms with Crippen molar-refractivity contribution in [2.75, 3.05) is 0 Å². The lowest BCUT2D eigenvalue weighted by molar-refractivity contribution is 0.324. The summed E-state index contributed by atoms with van der Waals surface area (Å²) < 4.78 is 5.56. The fraction of sp³-hybridized carbons (Fsp3) is 0.800. The van der Waals surface area contributed by atoms with Gasteiger partial charge >= 0.3 is 0 Å². The lowest BCUT2D eigenvalue weighted by Crippen LogP contribution is -2.18. The lowest BCUT2D eigenvalue weighted by atomic mass is 9.83. The number of rotatable bonds is 1. The number of hydrogen-bond acceptors (Lipinski definition) is 1. The van der Waals surface area contributed by atoms with Crippen LogP contribution in [0.15, 0.2) is 12.2 Å². The Labute approximate surface area is 68.4 Å². The highest BCUT2D eigenvalue weighted by atomic mass is 16.6. The summed E-state index contributed by atoms with van der Waals surface area (Å²) >= 11 is 0. The van der Waals surface area contributed by atoms with Crippen molar-refractivity contribution in [3.63, 3.8) is 0 Å². The van der Waals surface area contributed by atoms with Crippen molar-refractivity contribution in [1.29, 1.82) is 0 Å². The molecule has 0 bridgehead atoms. The van der Waals surface area contributed by atoms with Crippen LogP contribution in [0.3, 0.4) is 0 Å². The molecule has 0 radical (unpaired) electrons. The Kier molecular flexibility index (Phi) is 1.40. The average Bonchev–Trinajstić information content (AvgIpc) is 2.58. The topological polar surface area (TPSA) is 12.5 Å². The first-order valence-corrected chi connectivity index (χ1v) is 4.49. The molecule has 1 heterocycles. The second-order valence-corrected chi connectivity index (χ2v) is 4.29. The summed E-state index contributed by atoms with van der Waals surface area (Å²) in [5.41, 5.74) is 0.130. The normalized spacial score (nSPS) is 47.6. The zero-order valence-corrected chi connectivity index (χ0v) is 7.50. The van der Waals surface area contributed by atoms with Gasteiger partial charge in [0.25, 0.3) is 0 Å². The van der Waals surface area contributed by atoms with Crippen LogP contribution in [-0.2, 0) is 4.74 Å². The van der Waals surface area contributed by atoms with Crippen molar-refractivity contribution >= 4 is 0 Å². The molecule has 1 aliphatic heterocycles. The highest BCUT2D eigenvalue weighted by Crippen LogP contribution is 2.46. The fourth-order valence-electron chi connectivity index (χ4n) is 1.84. The van der Waals surface area contributed by atoms with Gasteiger partial charge in [-0.3, -0.25) is 0 Å². The molecule has 0 saturated carbocycles. The van der Waals surface area contributed by atoms with E-state index in [0.29, 0.717) is 6.10 Å². The van der Waals surface area contributed by atoms with Gasteiger partial charge in [-0.25, -0.2) is 0 Å². The summed E-state index contributed by atoms with van der Waals surface area (Å²) in [5.74, 6) is 1.51. The quantitative estimate of drug-likeness (QED) is 0.415. The fourth-order valence-corrected chi connectivity index (χ4v) is 1.84. The van der Waals surface area contributed by atoms with Gasteiger partial charge < -0.3 is 4.74 Å². The van der Waals surface area contributed by atoms with Gasteiger partial charge in [-0.15, -0.1) is 0 Å². The minimum Gasteiger partial charge on any atom is -0.362 e. The third kappa shape index (κ3) is 1.12. The molecular weight excluding hydrogens is 136 g/mol. The van der Waals surface area contributed by atoms with E-state index in [0.717, 1.165) is 11.8 Å². The van der Waals surface area contributed by atoms with E-state index in [1.54, 1.807) is 0 Å². The second-order valence-electron chi connectivity index (χ2n) is 4.29. The maximum atomic E-state index is 5.56. The molecule has 1 nitrogen and oxygen atoms in total. The van der Waals surface area contributed by atoms with Crippen LogP contribution in [0.1, 0.15) is 27.2 Å². The maximum Gasteiger partial charge on any atom is 0.110 e. The Morgan fingerprint density at radius 3 is 2.82 bits per heavy atom. The van der Waals surface area contributed by atoms with Crippen molar-refractivity contribution in [2.24, 2.45) is 11.8 Å². The third-order valence-electron chi connectivity index (χ3n) is 3.00. The molecule has 0 amide bonds. The summed E-state index contributed by atoms with van der Waals surface area (Å²) in [6, 6.07) is 0. The van der Waals surface area contributed by atoms with Crippen molar-refractivity contribution in [1.82, 2.24) is 0 Å². The largest absolute Gasteiger partial charge is 0.362 e. The van der Waals surface area contributed by atoms with E-state index in [-0.39, 0.29) is 5.60 Å². The molecule has 1 saturated heterocycles. The highest BCUT2D eigenvalue weighted by Gasteiger charge is 2.52. The zero-order valence-electron chi connectivity index (χ0n) is 7.50. The second kappa shape index (κ2) is 2.10. The molecule has 1 fully saturated rings. The lowest BCUT2D eigenvalue weighted by Gasteiger charge is -2.19. The van der Waals surface area contributed by atoms with Gasteiger partial charge in [0.2, 0.25) is 0 Å². The summed E-state index contributed by atoms with van der Waals surface area (Å²) in [6.45, 7) is 6.73. The predicted molar refractivity (Wildman–Crippen MR) is 45.4 cm³/mol. The molecule has 0 aromatic heterocycles. The van der Waals surface area contributed by atoms with Crippen LogP contribution < -0.4 is 0 Å². The molecule has 1 unspecified atom stereocenters. The van der Waals surface area contributed by atoms with Gasteiger partial charge in [0.05, 0.1) is 6.10 Å². The van der Waals surface area contributed by atoms with Crippen LogP contribution in [0, 0.1) is 11.8 Å². The Morgan fingerprint density at radius 1 is 1.55 bits per heavy atom. The van der Waals surface area contributed by atoms with Crippen molar-refractivity contribution in [2.45, 2.75) is 38.9 Å². The van der Waals surface area contributed by atoms with Gasteiger partial charge in [0.15, 0.2) is 0 Å². The molecule has 2 aliphatic rings. The Morgan fingerprint density at radius 2 is 2.27 bits per heavy atom. The molecule has 3 atom stereocenters. The van der Waals surface area contributed by atoms with Crippen LogP contribution in [0.5, 0.6) is 0 Å². The molecule has 1 heteroatoms. The number of allylic oxidation sites excluding steroid dienone is 1. The van der Waals surface area contributed by atoms with Crippen molar-refractivity contribution < 1.29 is 4.74 Å². The standard InChI is InChI=1S/C10H16O/c1-7(2)8-4-5-10(3)9(6-8)11-10/h4-5,7-9H,6H2,1-3H3/t8-,9?,10+/m0/s1. The first-order valence-electron chi connectivity index (χ1n) is 4.49. The smallest absolute Gasteiger partial charge is 0.110 e. The van der Waals surface area contributed by atoms with Gasteiger partial charge in [-0.05, 0) is 25.2 Å². The number of hydrogen-bond donors (Lipinski definition) is 0. The molecule has 2 rings (SSSR count). The van der Waals surface area contributed by atoms with Crippen molar-refractivity contribution in [3.05, 3.63) is 12.2 Å². The number of fused-ring (bicyclic) bond motifs is 1. The van der Waals surface area contributed by atoms with Crippen LogP contribution in [0.25, 0.3) is 0 Å². The van der Waals surface area contributed by atoms with E-state index in [2.05, 4.69) is 32.9 Å². The van der Waals surface area contributed by atoms with E-state index in [1.807, 2.05) is 0 Å². The first kappa shape index (κ1) is 7.35. The monoisotopic (exact) mass is 152 g/mol. The van der Waals surface area contributed by atoms with Crippen LogP contribution >= 0.6 is 0 Å². The Balaban J connectivity index is 2.07. The highest BCUT2D eigenvalue weighted by molar-refractivity contribution is 5.20. The summed E-state index contributed by atoms with van der Waals surface area (Å²) in [6.07, 6.45) is 6.32. The van der Waals surface area contributed by atoms with Crippen molar-refractivity contribution in [3.8, 4) is 0 Å². The van der Waals surface area contributed by atoms with Gasteiger partial charge in [0, 0.05) is 0 Å². The number of ether oxygens (including phenoxy) is 1. The molecular formula is C10H16O. The van der Waals surface area contributed by atoms with Crippen LogP contribution in [-0.4, -0.2) is 11.7 Å². The van der Waals surface area contributed by atoms with Gasteiger partial charge in [0.1, 0.15) is 5.60 Å². The molecule has 0 aromatic rings. The van der Waals surface area contributed by atoms with E-state index in [9.17, 15) is 0 Å². The van der Waals surface area contributed by atoms with Crippen LogP contribution in [0.4, 0.5) is 0 Å². The molecule has 1 aliphatic carbocycles. The Hall–Kier alpha value is -0.300. The zero-order chi connectivity index (χ0) is 8.06. The van der Waals surface area contributed by atoms with E-state index < -0.39 is 0 Å². The first-order chi connectivity index (χ1) is 5.12. The molecule has 11 heavy (non-hydrogen) atoms. The number of epoxide rings is 1. The minimum absolute atomic E-state index is 0.130. The summed E-state index contributed by atoms with van der Waals surface area (Å²) in [7, 11) is 0. The minimum atomic E-state index is 0.130. The summed E-state index contributed by atoms with van der Waals surface area (Å²) in [5, 5.41) is 0. The van der Waals surface area contributed by atoms with Crippen LogP contribution in [0.2, 0.25) is 0 Å². The molecule has 62 valence electrons. The predicted octanol–water partition coefficient (Wildman–Crippen LogP) is 2.38. The van der Waals surface area contributed by atoms with Gasteiger partial charge in [-0.1, -0.05) is 26.0 Å². The van der Waals surface area contributed by atoms with E-state index in [4.69, 9.17) is 4.74 Å². The molecule has 0 N–H and O–H groups in total. The SMILES string of the molecule is CC(C)[C@H]1C=C[C@@]2(C)OC2C1. The Bertz CT molecular complexity index is 195.